The Morgan fingerprint density at radius 1 is 0.433 bits per heavy atom. The zero-order valence-corrected chi connectivity index (χ0v) is 20.2. The topological polar surface area (TPSA) is 0 Å². The van der Waals surface area contributed by atoms with Crippen LogP contribution in [-0.2, 0) is 13.6 Å². The summed E-state index contributed by atoms with van der Waals surface area (Å²) in [6.07, 6.45) is 1.25. The molecule has 0 saturated carbocycles. The molecule has 30 heavy (non-hydrogen) atoms. The van der Waals surface area contributed by atoms with Crippen LogP contribution < -0.4 is 21.2 Å². The third-order valence-electron chi connectivity index (χ3n) is 3.99. The molecule has 0 atom stereocenters. The number of hydrogen-bond acceptors (Lipinski definition) is 0. The van der Waals surface area contributed by atoms with Crippen molar-refractivity contribution >= 4 is 34.6 Å². The van der Waals surface area contributed by atoms with Crippen LogP contribution in [0.25, 0.3) is 0 Å². The van der Waals surface area contributed by atoms with E-state index in [1.165, 1.54) is 27.6 Å². The predicted molar refractivity (Wildman–Crippen MR) is 134 cm³/mol. The molecule has 0 nitrogen and oxygen atoms in total. The molecule has 4 aromatic rings. The van der Waals surface area contributed by atoms with Gasteiger partial charge in [-0.1, -0.05) is 20.3 Å². The third-order valence-corrected chi connectivity index (χ3v) is 14.5. The van der Waals surface area contributed by atoms with Gasteiger partial charge in [0, 0.05) is 0 Å². The van der Waals surface area contributed by atoms with Crippen molar-refractivity contribution in [3.63, 3.8) is 0 Å². The van der Waals surface area contributed by atoms with Crippen molar-refractivity contribution in [3.8, 4) is 0 Å². The molecule has 0 spiro atoms. The van der Waals surface area contributed by atoms with E-state index in [9.17, 15) is 0 Å². The van der Waals surface area contributed by atoms with E-state index >= 15 is 0 Å². The van der Waals surface area contributed by atoms with Gasteiger partial charge in [-0.25, -0.2) is 0 Å². The van der Waals surface area contributed by atoms with Gasteiger partial charge in [-0.2, -0.15) is 0 Å². The third kappa shape index (κ3) is 6.62. The molecule has 3 heteroatoms. The molecular weight excluding hydrogens is 445 g/mol. The molecule has 0 heterocycles. The molecule has 0 fully saturated rings. The SMILES string of the molecule is CCC.c1ccc([P]([Ni][P](c2ccccc2)c2ccccc2)c2ccccc2)cc1. The quantitative estimate of drug-likeness (QED) is 0.219. The molecular formula is C27H28NiP2. The Kier molecular flexibility index (Phi) is 9.79. The average Bonchev–Trinajstić information content (AvgIpc) is 2.83. The molecule has 4 rings (SSSR count). The summed E-state index contributed by atoms with van der Waals surface area (Å²) in [6.45, 7) is 3.31. The van der Waals surface area contributed by atoms with Gasteiger partial charge >= 0.3 is 170 Å². The van der Waals surface area contributed by atoms with Crippen molar-refractivity contribution < 1.29 is 13.6 Å². The summed E-state index contributed by atoms with van der Waals surface area (Å²) in [4.78, 5) is 0. The molecule has 0 saturated heterocycles. The van der Waals surface area contributed by atoms with Gasteiger partial charge in [0.05, 0.1) is 0 Å². The summed E-state index contributed by atoms with van der Waals surface area (Å²) in [5, 5.41) is 5.72. The van der Waals surface area contributed by atoms with Gasteiger partial charge in [-0.05, 0) is 0 Å². The number of hydrogen-bond donors (Lipinski definition) is 0. The zero-order chi connectivity index (χ0) is 21.0. The Morgan fingerprint density at radius 3 is 0.833 bits per heavy atom. The van der Waals surface area contributed by atoms with Crippen LogP contribution in [0.5, 0.6) is 0 Å². The molecule has 0 aliphatic heterocycles. The van der Waals surface area contributed by atoms with Gasteiger partial charge in [-0.3, -0.25) is 0 Å². The van der Waals surface area contributed by atoms with Gasteiger partial charge < -0.3 is 0 Å². The van der Waals surface area contributed by atoms with Gasteiger partial charge in [0.1, 0.15) is 0 Å². The van der Waals surface area contributed by atoms with Gasteiger partial charge in [0.25, 0.3) is 0 Å². The standard InChI is InChI=1S/2C12H10P.C3H8.Ni/c2*1-3-7-11(8-4-1)13-12-9-5-2-6-10-12;1-3-2;/h2*1-10H;3H2,1-2H3;/q2*-1;;+2. The Bertz CT molecular complexity index is 801. The molecule has 0 radical (unpaired) electrons. The van der Waals surface area contributed by atoms with Crippen molar-refractivity contribution in [2.45, 2.75) is 20.3 Å². The van der Waals surface area contributed by atoms with Crippen molar-refractivity contribution in [2.24, 2.45) is 0 Å². The summed E-state index contributed by atoms with van der Waals surface area (Å²) in [6, 6.07) is 43.9. The first-order valence-electron chi connectivity index (χ1n) is 10.2. The van der Waals surface area contributed by atoms with E-state index < -0.39 is 13.4 Å². The number of benzene rings is 4. The normalized spacial score (nSPS) is 10.7. The van der Waals surface area contributed by atoms with Crippen LogP contribution >= 0.6 is 13.4 Å². The van der Waals surface area contributed by atoms with E-state index in [1.54, 1.807) is 0 Å². The molecule has 0 aliphatic carbocycles. The van der Waals surface area contributed by atoms with Crippen LogP contribution in [0, 0.1) is 0 Å². The van der Waals surface area contributed by atoms with E-state index in [2.05, 4.69) is 135 Å². The van der Waals surface area contributed by atoms with Gasteiger partial charge in [0.2, 0.25) is 0 Å². The summed E-state index contributed by atoms with van der Waals surface area (Å²) in [5.74, 6) is 0. The van der Waals surface area contributed by atoms with E-state index in [4.69, 9.17) is 0 Å². The fraction of sp³-hybridized carbons (Fsp3) is 0.111. The van der Waals surface area contributed by atoms with Crippen molar-refractivity contribution in [1.82, 2.24) is 0 Å². The summed E-state index contributed by atoms with van der Waals surface area (Å²) in [7, 11) is 0. The van der Waals surface area contributed by atoms with Gasteiger partial charge in [0.15, 0.2) is 0 Å². The molecule has 0 unspecified atom stereocenters. The maximum atomic E-state index is 2.28. The first kappa shape index (κ1) is 22.9. The van der Waals surface area contributed by atoms with Crippen molar-refractivity contribution in [3.05, 3.63) is 121 Å². The van der Waals surface area contributed by atoms with E-state index in [1.807, 2.05) is 13.6 Å². The fourth-order valence-electron chi connectivity index (χ4n) is 2.71. The molecule has 0 amide bonds. The zero-order valence-electron chi connectivity index (χ0n) is 17.5. The maximum absolute atomic E-state index is 2.28. The molecule has 0 aliphatic rings. The van der Waals surface area contributed by atoms with Crippen LogP contribution in [0.15, 0.2) is 121 Å². The summed E-state index contributed by atoms with van der Waals surface area (Å²) in [5.41, 5.74) is 0. The molecule has 4 aromatic carbocycles. The Labute approximate surface area is 189 Å². The van der Waals surface area contributed by atoms with E-state index in [0.717, 1.165) is 0 Å². The summed E-state index contributed by atoms with van der Waals surface area (Å²) < 4.78 is 0. The fourth-order valence-corrected chi connectivity index (χ4v) is 14.3. The van der Waals surface area contributed by atoms with E-state index in [0.29, 0.717) is 0 Å². The Hall–Kier alpha value is -1.77. The second-order valence-corrected chi connectivity index (χ2v) is 14.6. The molecule has 156 valence electrons. The minimum atomic E-state index is -0.471. The first-order valence-corrected chi connectivity index (χ1v) is 15.2. The molecule has 0 N–H and O–H groups in total. The summed E-state index contributed by atoms with van der Waals surface area (Å²) >= 11 is 1.89. The predicted octanol–water partition coefficient (Wildman–Crippen LogP) is 6.58. The minimum absolute atomic E-state index is 0.471. The second kappa shape index (κ2) is 12.8. The number of rotatable bonds is 6. The van der Waals surface area contributed by atoms with Crippen molar-refractivity contribution in [2.75, 3.05) is 0 Å². The van der Waals surface area contributed by atoms with Gasteiger partial charge in [-0.15, -0.1) is 0 Å². The molecule has 0 aromatic heterocycles. The van der Waals surface area contributed by atoms with Crippen LogP contribution in [0.1, 0.15) is 20.3 Å². The van der Waals surface area contributed by atoms with Crippen LogP contribution in [0.2, 0.25) is 0 Å². The average molecular weight is 473 g/mol. The Morgan fingerprint density at radius 2 is 0.633 bits per heavy atom. The Balaban J connectivity index is 0.000000806. The molecule has 0 bridgehead atoms. The van der Waals surface area contributed by atoms with Crippen LogP contribution in [-0.4, -0.2) is 0 Å². The first-order chi connectivity index (χ1) is 14.8. The monoisotopic (exact) mass is 472 g/mol. The van der Waals surface area contributed by atoms with E-state index in [-0.39, 0.29) is 0 Å². The van der Waals surface area contributed by atoms with Crippen LogP contribution in [0.4, 0.5) is 0 Å². The van der Waals surface area contributed by atoms with Crippen molar-refractivity contribution in [1.29, 1.82) is 0 Å². The second-order valence-electron chi connectivity index (χ2n) is 6.62. The van der Waals surface area contributed by atoms with Crippen LogP contribution in [0.3, 0.4) is 0 Å².